The summed E-state index contributed by atoms with van der Waals surface area (Å²) in [5.74, 6) is 0.958. The molecule has 0 spiro atoms. The quantitative estimate of drug-likeness (QED) is 0.284. The molecule has 7 heteroatoms. The predicted molar refractivity (Wildman–Crippen MR) is 160 cm³/mol. The number of ether oxygens (including phenoxy) is 1. The van der Waals surface area contributed by atoms with Gasteiger partial charge in [-0.1, -0.05) is 95.9 Å². The van der Waals surface area contributed by atoms with E-state index >= 15 is 0 Å². The molecule has 2 N–H and O–H groups in total. The van der Waals surface area contributed by atoms with Crippen molar-refractivity contribution in [3.63, 3.8) is 0 Å². The molecular weight excluding hydrogens is 510 g/mol. The Labute approximate surface area is 235 Å². The normalized spacial score (nSPS) is 22.5. The van der Waals surface area contributed by atoms with Gasteiger partial charge in [0, 0.05) is 0 Å². The van der Waals surface area contributed by atoms with E-state index in [-0.39, 0.29) is 27.8 Å². The summed E-state index contributed by atoms with van der Waals surface area (Å²) in [6.07, 6.45) is 23.2. The van der Waals surface area contributed by atoms with Crippen molar-refractivity contribution in [2.24, 2.45) is 17.8 Å². The first-order chi connectivity index (χ1) is 18.8. The van der Waals surface area contributed by atoms with Crippen molar-refractivity contribution in [3.05, 3.63) is 71.7 Å². The molecule has 6 nitrogen and oxygen atoms in total. The van der Waals surface area contributed by atoms with Crippen molar-refractivity contribution >= 4 is 21.7 Å². The third kappa shape index (κ3) is 8.85. The summed E-state index contributed by atoms with van der Waals surface area (Å²) in [6.45, 7) is 7.64. The lowest BCUT2D eigenvalue weighted by Gasteiger charge is -2.32. The Balaban J connectivity index is 1.74. The van der Waals surface area contributed by atoms with Gasteiger partial charge >= 0.3 is 5.97 Å². The first kappa shape index (κ1) is 30.7. The monoisotopic (exact) mass is 555 g/mol. The van der Waals surface area contributed by atoms with Gasteiger partial charge < -0.3 is 9.84 Å². The lowest BCUT2D eigenvalue weighted by molar-refractivity contribution is 0.0696. The number of hydrogen-bond acceptors (Lipinski definition) is 4. The van der Waals surface area contributed by atoms with E-state index in [1.165, 1.54) is 89.2 Å². The summed E-state index contributed by atoms with van der Waals surface area (Å²) in [4.78, 5) is 11.3. The number of sulfonamides is 1. The van der Waals surface area contributed by atoms with Crippen molar-refractivity contribution in [1.29, 1.82) is 0 Å². The van der Waals surface area contributed by atoms with Gasteiger partial charge in [-0.3, -0.25) is 4.72 Å². The van der Waals surface area contributed by atoms with Gasteiger partial charge in [-0.05, 0) is 66.5 Å². The number of carboxylic acids is 1. The highest BCUT2D eigenvalue weighted by Gasteiger charge is 2.26. The number of hydrogen-bond donors (Lipinski definition) is 2. The van der Waals surface area contributed by atoms with Crippen LogP contribution in [0, 0.1) is 17.8 Å². The molecule has 214 valence electrons. The van der Waals surface area contributed by atoms with E-state index in [2.05, 4.69) is 17.9 Å². The van der Waals surface area contributed by atoms with Crippen molar-refractivity contribution in [1.82, 2.24) is 0 Å². The van der Waals surface area contributed by atoms with Gasteiger partial charge in [0.2, 0.25) is 0 Å². The van der Waals surface area contributed by atoms with Crippen LogP contribution in [0.1, 0.15) is 93.8 Å². The minimum absolute atomic E-state index is 0.00606. The zero-order valence-electron chi connectivity index (χ0n) is 23.4. The standard InChI is InChI=1S/C32H45NO5S/c1-4-13-27(26-18-11-16-25(17-12-19-26)24-14-9-7-6-8-10-15-24)22-29(5-2)39(36,37)33-30-21-20-28(32(34)35)23-31(30)38-3/h4-5,13,20-26,33H,1-2,6-12,14-19H2,3H3,(H,34,35)/b27-13+,29-22+. The summed E-state index contributed by atoms with van der Waals surface area (Å²) in [6, 6.07) is 4.02. The Morgan fingerprint density at radius 2 is 1.54 bits per heavy atom. The fourth-order valence-electron chi connectivity index (χ4n) is 6.27. The number of anilines is 1. The van der Waals surface area contributed by atoms with Gasteiger partial charge in [-0.25, -0.2) is 13.2 Å². The third-order valence-corrected chi connectivity index (χ3v) is 9.76. The molecule has 2 saturated carbocycles. The molecule has 0 bridgehead atoms. The fourth-order valence-corrected chi connectivity index (χ4v) is 7.35. The Bertz CT molecular complexity index is 1150. The molecule has 2 aliphatic rings. The SMILES string of the molecule is C=C/C=C(\C=C(/C=C)S(=O)(=O)Nc1ccc(C(=O)O)cc1OC)C1CCCC(C2CCCCCCC2)CCC1. The topological polar surface area (TPSA) is 92.7 Å². The fraction of sp³-hybridized carbons (Fsp3) is 0.531. The van der Waals surface area contributed by atoms with E-state index in [0.717, 1.165) is 43.1 Å². The van der Waals surface area contributed by atoms with Crippen LogP contribution in [0.2, 0.25) is 0 Å². The van der Waals surface area contributed by atoms with E-state index < -0.39 is 16.0 Å². The molecule has 0 aromatic heterocycles. The first-order valence-corrected chi connectivity index (χ1v) is 15.9. The molecule has 0 unspecified atom stereocenters. The minimum Gasteiger partial charge on any atom is -0.495 e. The maximum Gasteiger partial charge on any atom is 0.335 e. The Kier molecular flexibility index (Phi) is 11.9. The van der Waals surface area contributed by atoms with Crippen molar-refractivity contribution in [2.45, 2.75) is 83.5 Å². The molecule has 0 radical (unpaired) electrons. The molecule has 0 saturated heterocycles. The Morgan fingerprint density at radius 3 is 2.08 bits per heavy atom. The van der Waals surface area contributed by atoms with Crippen LogP contribution in [0.3, 0.4) is 0 Å². The number of allylic oxidation sites excluding steroid dienone is 5. The number of rotatable bonds is 10. The predicted octanol–water partition coefficient (Wildman–Crippen LogP) is 8.26. The van der Waals surface area contributed by atoms with E-state index in [4.69, 9.17) is 4.74 Å². The van der Waals surface area contributed by atoms with Crippen LogP contribution < -0.4 is 9.46 Å². The van der Waals surface area contributed by atoms with E-state index in [1.54, 1.807) is 12.2 Å². The summed E-state index contributed by atoms with van der Waals surface area (Å²) in [7, 11) is -2.63. The maximum absolute atomic E-state index is 13.4. The summed E-state index contributed by atoms with van der Waals surface area (Å²) >= 11 is 0. The second kappa shape index (κ2) is 15.1. The molecule has 2 aliphatic carbocycles. The Hall–Kier alpha value is -2.80. The zero-order valence-corrected chi connectivity index (χ0v) is 24.2. The number of aromatic carboxylic acids is 1. The molecule has 0 heterocycles. The molecular formula is C32H45NO5S. The average molecular weight is 556 g/mol. The summed E-state index contributed by atoms with van der Waals surface area (Å²) in [5, 5.41) is 9.24. The molecule has 1 aromatic rings. The lowest BCUT2D eigenvalue weighted by Crippen LogP contribution is -2.20. The largest absolute Gasteiger partial charge is 0.495 e. The summed E-state index contributed by atoms with van der Waals surface area (Å²) in [5.41, 5.74) is 1.12. The molecule has 0 atom stereocenters. The van der Waals surface area contributed by atoms with Gasteiger partial charge in [0.1, 0.15) is 5.75 Å². The smallest absolute Gasteiger partial charge is 0.335 e. The van der Waals surface area contributed by atoms with Crippen molar-refractivity contribution in [3.8, 4) is 5.75 Å². The van der Waals surface area contributed by atoms with Gasteiger partial charge in [0.05, 0.1) is 23.3 Å². The molecule has 0 amide bonds. The Morgan fingerprint density at radius 1 is 0.949 bits per heavy atom. The van der Waals surface area contributed by atoms with Crippen LogP contribution in [0.5, 0.6) is 5.75 Å². The van der Waals surface area contributed by atoms with Crippen LogP contribution >= 0.6 is 0 Å². The molecule has 0 aliphatic heterocycles. The molecule has 3 rings (SSSR count). The van der Waals surface area contributed by atoms with Crippen molar-refractivity contribution in [2.75, 3.05) is 11.8 Å². The van der Waals surface area contributed by atoms with Gasteiger partial charge in [0.25, 0.3) is 10.0 Å². The number of benzene rings is 1. The van der Waals surface area contributed by atoms with Crippen LogP contribution in [0.25, 0.3) is 0 Å². The van der Waals surface area contributed by atoms with Gasteiger partial charge in [-0.2, -0.15) is 0 Å². The van der Waals surface area contributed by atoms with E-state index in [1.807, 2.05) is 6.08 Å². The lowest BCUT2D eigenvalue weighted by atomic mass is 9.74. The number of nitrogens with one attached hydrogen (secondary N) is 1. The van der Waals surface area contributed by atoms with Crippen LogP contribution in [0.15, 0.2) is 66.1 Å². The second-order valence-corrected chi connectivity index (χ2v) is 12.6. The highest BCUT2D eigenvalue weighted by Crippen LogP contribution is 2.39. The average Bonchev–Trinajstić information content (AvgIpc) is 2.87. The molecule has 39 heavy (non-hydrogen) atoms. The number of carboxylic acid groups (broad SMARTS) is 1. The highest BCUT2D eigenvalue weighted by atomic mass is 32.2. The van der Waals surface area contributed by atoms with Crippen molar-refractivity contribution < 1.29 is 23.1 Å². The van der Waals surface area contributed by atoms with Gasteiger partial charge in [-0.15, -0.1) is 0 Å². The minimum atomic E-state index is -4.00. The summed E-state index contributed by atoms with van der Waals surface area (Å²) < 4.78 is 34.5. The second-order valence-electron chi connectivity index (χ2n) is 10.9. The number of methoxy groups -OCH3 is 1. The molecule has 2 fully saturated rings. The highest BCUT2D eigenvalue weighted by molar-refractivity contribution is 7.96. The zero-order chi connectivity index (χ0) is 28.3. The van der Waals surface area contributed by atoms with E-state index in [0.29, 0.717) is 0 Å². The number of carbonyl (C=O) groups is 1. The van der Waals surface area contributed by atoms with Crippen LogP contribution in [-0.2, 0) is 10.0 Å². The van der Waals surface area contributed by atoms with Crippen LogP contribution in [0.4, 0.5) is 5.69 Å². The van der Waals surface area contributed by atoms with Crippen LogP contribution in [-0.4, -0.2) is 26.6 Å². The third-order valence-electron chi connectivity index (χ3n) is 8.37. The molecule has 1 aromatic carbocycles. The maximum atomic E-state index is 13.4. The van der Waals surface area contributed by atoms with E-state index in [9.17, 15) is 18.3 Å². The first-order valence-electron chi connectivity index (χ1n) is 14.4. The van der Waals surface area contributed by atoms with Gasteiger partial charge in [0.15, 0.2) is 0 Å².